The number of benzene rings is 4. The Morgan fingerprint density at radius 1 is 0.750 bits per heavy atom. The molecule has 1 aliphatic heterocycles. The molecule has 0 N–H and O–H groups in total. The van der Waals surface area contributed by atoms with Crippen LogP contribution < -0.4 is 4.90 Å². The summed E-state index contributed by atoms with van der Waals surface area (Å²) in [4.78, 5) is 8.85. The fourth-order valence-corrected chi connectivity index (χ4v) is 6.72. The van der Waals surface area contributed by atoms with Crippen molar-refractivity contribution in [1.82, 2.24) is 14.3 Å². The minimum atomic E-state index is 0. The zero-order chi connectivity index (χ0) is 32.8. The summed E-state index contributed by atoms with van der Waals surface area (Å²) in [6, 6.07) is 33.1. The van der Waals surface area contributed by atoms with Gasteiger partial charge in [-0.1, -0.05) is 76.0 Å². The summed E-state index contributed by atoms with van der Waals surface area (Å²) < 4.78 is 2.43. The normalized spacial score (nSPS) is 13.0. The molecule has 7 aromatic rings. The number of rotatable bonds is 6. The van der Waals surface area contributed by atoms with Crippen molar-refractivity contribution in [3.05, 3.63) is 132 Å². The van der Waals surface area contributed by atoms with Crippen LogP contribution in [0.3, 0.4) is 0 Å². The molecule has 0 bridgehead atoms. The van der Waals surface area contributed by atoms with E-state index in [4.69, 9.17) is 0 Å². The van der Waals surface area contributed by atoms with Gasteiger partial charge in [-0.2, -0.15) is 18.8 Å². The van der Waals surface area contributed by atoms with Gasteiger partial charge in [0, 0.05) is 28.0 Å². The van der Waals surface area contributed by atoms with Gasteiger partial charge in [0.2, 0.25) is 0 Å². The third kappa shape index (κ3) is 6.46. The summed E-state index contributed by atoms with van der Waals surface area (Å²) in [6.07, 6.45) is 7.30. The number of anilines is 1. The first-order valence-electron chi connectivity index (χ1n) is 16.8. The number of aryl methyl sites for hydroxylation is 3. The van der Waals surface area contributed by atoms with Crippen LogP contribution in [0.25, 0.3) is 49.4 Å². The molecule has 48 heavy (non-hydrogen) atoms. The molecular weight excluding hydrogens is 765 g/mol. The molecule has 0 radical (unpaired) electrons. The van der Waals surface area contributed by atoms with Crippen LogP contribution in [0.4, 0.5) is 5.69 Å². The second-order valence-electron chi connectivity index (χ2n) is 14.0. The molecule has 244 valence electrons. The average molecular weight is 808 g/mol. The monoisotopic (exact) mass is 808 g/mol. The van der Waals surface area contributed by atoms with Gasteiger partial charge in [-0.15, -0.1) is 52.5 Å². The fourth-order valence-electron chi connectivity index (χ4n) is 6.72. The number of aromatic nitrogens is 2. The Hall–Kier alpha value is -4.18. The van der Waals surface area contributed by atoms with Gasteiger partial charge in [0.15, 0.2) is 0 Å². The van der Waals surface area contributed by atoms with E-state index < -0.39 is 0 Å². The predicted molar refractivity (Wildman–Crippen MR) is 199 cm³/mol. The van der Waals surface area contributed by atoms with Crippen molar-refractivity contribution in [3.8, 4) is 11.3 Å². The van der Waals surface area contributed by atoms with Crippen LogP contribution >= 0.6 is 0 Å². The molecule has 0 spiro atoms. The third-order valence-electron chi connectivity index (χ3n) is 9.08. The molecule has 0 saturated heterocycles. The van der Waals surface area contributed by atoms with Crippen LogP contribution in [0.15, 0.2) is 91.4 Å². The number of pyridine rings is 1. The number of nitrogens with zero attached hydrogens (tertiary/aromatic N) is 4. The van der Waals surface area contributed by atoms with Crippen molar-refractivity contribution in [2.75, 3.05) is 11.4 Å². The van der Waals surface area contributed by atoms with Gasteiger partial charge in [-0.25, -0.2) is 0 Å². The molecule has 4 heterocycles. The third-order valence-corrected chi connectivity index (χ3v) is 9.08. The minimum Gasteiger partial charge on any atom is -0.508 e. The van der Waals surface area contributed by atoms with E-state index in [1.165, 1.54) is 60.3 Å². The number of hydrogen-bond acceptors (Lipinski definition) is 3. The largest absolute Gasteiger partial charge is 3.00 e. The van der Waals surface area contributed by atoms with Crippen molar-refractivity contribution < 1.29 is 20.1 Å². The van der Waals surface area contributed by atoms with Crippen molar-refractivity contribution in [1.29, 1.82) is 0 Å². The summed E-state index contributed by atoms with van der Waals surface area (Å²) in [5, 5.41) is 5.35. The van der Waals surface area contributed by atoms with Crippen LogP contribution in [0.1, 0.15) is 49.9 Å². The molecule has 0 atom stereocenters. The van der Waals surface area contributed by atoms with E-state index in [0.717, 1.165) is 29.9 Å². The quantitative estimate of drug-likeness (QED) is 0.156. The molecule has 0 saturated carbocycles. The van der Waals surface area contributed by atoms with Crippen molar-refractivity contribution in [3.63, 3.8) is 0 Å². The second kappa shape index (κ2) is 13.7. The molecule has 5 heteroatoms. The van der Waals surface area contributed by atoms with E-state index in [1.54, 1.807) is 0 Å². The summed E-state index contributed by atoms with van der Waals surface area (Å²) in [5.74, 6) is 1.25. The van der Waals surface area contributed by atoms with E-state index >= 15 is 0 Å². The average Bonchev–Trinajstić information content (AvgIpc) is 3.73. The van der Waals surface area contributed by atoms with Gasteiger partial charge in [0.1, 0.15) is 0 Å². The van der Waals surface area contributed by atoms with Crippen LogP contribution in [0.2, 0.25) is 0 Å². The van der Waals surface area contributed by atoms with Crippen LogP contribution in [0, 0.1) is 51.4 Å². The molecular formula is C43H43IrN4. The first-order chi connectivity index (χ1) is 22.7. The maximum atomic E-state index is 4.41. The Labute approximate surface area is 298 Å². The number of hydrogen-bond donors (Lipinski definition) is 0. The van der Waals surface area contributed by atoms with Gasteiger partial charge < -0.3 is 19.2 Å². The van der Waals surface area contributed by atoms with E-state index in [9.17, 15) is 0 Å². The first kappa shape index (κ1) is 33.7. The smallest absolute Gasteiger partial charge is 0.508 e. The summed E-state index contributed by atoms with van der Waals surface area (Å²) in [6.45, 7) is 18.5. The second-order valence-corrected chi connectivity index (χ2v) is 14.0. The standard InChI is InChI=1S/C29H29N3.C14H14N.Ir/c1-19(2)13-21-14-25-23-7-5-6-8-27(23)32-28-10-9-22(16-24(28)26(15-21)29(25)32)31-12-11-30(18-31)17-20(3)4;1-10-4-6-13(7-5-10)14-8-11(2)12(3)9-15-14;/h5-8,10-12,14-16,18-20H,13,17H2,1-4H3;4-6,8-9H,1-3H3;/q-2;-1;+3. The Morgan fingerprint density at radius 3 is 2.23 bits per heavy atom. The zero-order valence-corrected chi connectivity index (χ0v) is 31.3. The topological polar surface area (TPSA) is 23.8 Å². The van der Waals surface area contributed by atoms with Crippen molar-refractivity contribution in [2.45, 2.75) is 54.9 Å². The molecule has 0 unspecified atom stereocenters. The Kier molecular flexibility index (Phi) is 9.65. The van der Waals surface area contributed by atoms with E-state index in [-0.39, 0.29) is 20.1 Å². The first-order valence-corrected chi connectivity index (χ1v) is 16.8. The summed E-state index contributed by atoms with van der Waals surface area (Å²) in [5.41, 5.74) is 12.1. The van der Waals surface area contributed by atoms with Gasteiger partial charge in [-0.05, 0) is 85.4 Å². The molecule has 1 aliphatic rings. The number of fused-ring (bicyclic) bond motifs is 6. The van der Waals surface area contributed by atoms with Gasteiger partial charge in [0.25, 0.3) is 0 Å². The molecule has 0 aliphatic carbocycles. The molecule has 3 aromatic heterocycles. The maximum absolute atomic E-state index is 4.41. The van der Waals surface area contributed by atoms with Gasteiger partial charge >= 0.3 is 20.1 Å². The van der Waals surface area contributed by atoms with Crippen LogP contribution in [-0.4, -0.2) is 20.8 Å². The molecule has 0 amide bonds. The summed E-state index contributed by atoms with van der Waals surface area (Å²) in [7, 11) is 0. The van der Waals surface area contributed by atoms with E-state index in [2.05, 4.69) is 166 Å². The molecule has 8 rings (SSSR count). The van der Waals surface area contributed by atoms with E-state index in [0.29, 0.717) is 11.8 Å². The molecule has 4 aromatic carbocycles. The van der Waals surface area contributed by atoms with Crippen LogP contribution in [0.5, 0.6) is 0 Å². The van der Waals surface area contributed by atoms with Crippen LogP contribution in [-0.2, 0) is 26.5 Å². The minimum absolute atomic E-state index is 0. The Morgan fingerprint density at radius 2 is 1.52 bits per heavy atom. The Balaban J connectivity index is 0.000000212. The van der Waals surface area contributed by atoms with Gasteiger partial charge in [-0.3, -0.25) is 0 Å². The SMILES string of the molecule is CC(C)Cc1cc2c3cc(N4C=CN(CC(C)C)[CH-]4)[c-]cc3n3c4ccccc4c(c1)c23.Cc1c[c-]c(-c2cc(C)c(C)cn2)cc1.[Ir+3]. The van der Waals surface area contributed by atoms with Crippen molar-refractivity contribution >= 4 is 43.8 Å². The molecule has 0 fully saturated rings. The Bertz CT molecular complexity index is 2220. The van der Waals surface area contributed by atoms with Crippen molar-refractivity contribution in [2.24, 2.45) is 11.8 Å². The summed E-state index contributed by atoms with van der Waals surface area (Å²) >= 11 is 0. The number of para-hydroxylation sites is 1. The zero-order valence-electron chi connectivity index (χ0n) is 28.9. The predicted octanol–water partition coefficient (Wildman–Crippen LogP) is 10.7. The van der Waals surface area contributed by atoms with Gasteiger partial charge in [0.05, 0.1) is 0 Å². The van der Waals surface area contributed by atoms with E-state index in [1.807, 2.05) is 12.3 Å². The maximum Gasteiger partial charge on any atom is 3.00 e. The fraction of sp³-hybridized carbons (Fsp3) is 0.256. The molecule has 4 nitrogen and oxygen atoms in total.